The van der Waals surface area contributed by atoms with Crippen molar-refractivity contribution in [2.75, 3.05) is 6.54 Å². The van der Waals surface area contributed by atoms with Crippen LogP contribution in [-0.2, 0) is 0 Å². The Bertz CT molecular complexity index is 363. The largest absolute Gasteiger partial charge is 0.391 e. The quantitative estimate of drug-likeness (QED) is 0.820. The highest BCUT2D eigenvalue weighted by Crippen LogP contribution is 2.20. The van der Waals surface area contributed by atoms with Crippen molar-refractivity contribution in [3.05, 3.63) is 16.1 Å². The number of nitrogens with zero attached hydrogens (tertiary/aromatic N) is 1. The van der Waals surface area contributed by atoms with Crippen LogP contribution in [0, 0.1) is 0 Å². The molecule has 1 aromatic heterocycles. The van der Waals surface area contributed by atoms with Gasteiger partial charge in [0.05, 0.1) is 17.3 Å². The Kier molecular flexibility index (Phi) is 5.58. The number of hydrogen-bond donors (Lipinski definition) is 2. The lowest BCUT2D eigenvalue weighted by atomic mass is 10.2. The number of amides is 1. The van der Waals surface area contributed by atoms with E-state index in [0.717, 1.165) is 11.4 Å². The van der Waals surface area contributed by atoms with Crippen LogP contribution in [-0.4, -0.2) is 28.6 Å². The van der Waals surface area contributed by atoms with E-state index in [1.54, 1.807) is 6.20 Å². The summed E-state index contributed by atoms with van der Waals surface area (Å²) in [4.78, 5) is 16.5. The Balaban J connectivity index is 2.46. The van der Waals surface area contributed by atoms with Crippen LogP contribution in [0.4, 0.5) is 0 Å². The highest BCUT2D eigenvalue weighted by Gasteiger charge is 2.13. The van der Waals surface area contributed by atoms with E-state index in [1.807, 2.05) is 20.8 Å². The number of aliphatic hydroxyl groups is 1. The van der Waals surface area contributed by atoms with E-state index in [4.69, 9.17) is 0 Å². The van der Waals surface area contributed by atoms with Gasteiger partial charge in [0.15, 0.2) is 0 Å². The van der Waals surface area contributed by atoms with Crippen LogP contribution >= 0.6 is 11.3 Å². The number of aromatic nitrogens is 1. The molecule has 1 rings (SSSR count). The number of nitrogens with one attached hydrogen (secondary N) is 1. The summed E-state index contributed by atoms with van der Waals surface area (Å²) in [5, 5.41) is 13.2. The molecule has 0 aliphatic carbocycles. The van der Waals surface area contributed by atoms with Crippen molar-refractivity contribution in [2.45, 2.75) is 45.6 Å². The Hall–Kier alpha value is -0.940. The van der Waals surface area contributed by atoms with E-state index < -0.39 is 6.10 Å². The van der Waals surface area contributed by atoms with Gasteiger partial charge in [0, 0.05) is 12.5 Å². The number of aliphatic hydroxyl groups excluding tert-OH is 1. The molecular formula is C12H20N2O2S. The van der Waals surface area contributed by atoms with Gasteiger partial charge in [-0.25, -0.2) is 4.98 Å². The molecule has 1 amide bonds. The fourth-order valence-electron chi connectivity index (χ4n) is 1.39. The van der Waals surface area contributed by atoms with Crippen LogP contribution in [0.2, 0.25) is 0 Å². The van der Waals surface area contributed by atoms with Gasteiger partial charge in [0.1, 0.15) is 4.88 Å². The van der Waals surface area contributed by atoms with Crippen molar-refractivity contribution in [1.82, 2.24) is 10.3 Å². The molecule has 0 fully saturated rings. The highest BCUT2D eigenvalue weighted by atomic mass is 32.1. The van der Waals surface area contributed by atoms with Gasteiger partial charge in [0.25, 0.3) is 5.91 Å². The molecule has 5 heteroatoms. The van der Waals surface area contributed by atoms with Gasteiger partial charge in [0.2, 0.25) is 0 Å². The molecule has 2 N–H and O–H groups in total. The molecule has 0 spiro atoms. The first-order valence-electron chi connectivity index (χ1n) is 5.96. The lowest BCUT2D eigenvalue weighted by Crippen LogP contribution is -2.31. The predicted molar refractivity (Wildman–Crippen MR) is 69.5 cm³/mol. The van der Waals surface area contributed by atoms with Crippen LogP contribution in [0.5, 0.6) is 0 Å². The summed E-state index contributed by atoms with van der Waals surface area (Å²) < 4.78 is 0. The number of carbonyl (C=O) groups excluding carboxylic acids is 1. The molecule has 1 aromatic rings. The molecule has 0 bridgehead atoms. The maximum Gasteiger partial charge on any atom is 0.263 e. The zero-order valence-corrected chi connectivity index (χ0v) is 11.4. The average molecular weight is 256 g/mol. The fraction of sp³-hybridized carbons (Fsp3) is 0.667. The molecular weight excluding hydrogens is 236 g/mol. The van der Waals surface area contributed by atoms with Crippen molar-refractivity contribution in [3.63, 3.8) is 0 Å². The van der Waals surface area contributed by atoms with Crippen LogP contribution < -0.4 is 5.32 Å². The Morgan fingerprint density at radius 1 is 1.59 bits per heavy atom. The zero-order chi connectivity index (χ0) is 12.8. The first-order chi connectivity index (χ1) is 8.04. The third kappa shape index (κ3) is 4.44. The molecule has 96 valence electrons. The third-order valence-corrected chi connectivity index (χ3v) is 3.66. The zero-order valence-electron chi connectivity index (χ0n) is 10.6. The average Bonchev–Trinajstić information content (AvgIpc) is 2.75. The molecule has 0 saturated heterocycles. The fourth-order valence-corrected chi connectivity index (χ4v) is 2.23. The number of rotatable bonds is 6. The Morgan fingerprint density at radius 3 is 2.82 bits per heavy atom. The van der Waals surface area contributed by atoms with Crippen molar-refractivity contribution in [1.29, 1.82) is 0 Å². The molecule has 0 aliphatic rings. The summed E-state index contributed by atoms with van der Waals surface area (Å²) in [5.74, 6) is 0.191. The van der Waals surface area contributed by atoms with Crippen molar-refractivity contribution in [2.24, 2.45) is 0 Å². The van der Waals surface area contributed by atoms with Crippen molar-refractivity contribution >= 4 is 17.2 Å². The van der Waals surface area contributed by atoms with E-state index in [2.05, 4.69) is 10.3 Å². The van der Waals surface area contributed by atoms with Gasteiger partial charge < -0.3 is 10.4 Å². The first kappa shape index (κ1) is 14.1. The minimum atomic E-state index is -0.457. The maximum absolute atomic E-state index is 11.7. The van der Waals surface area contributed by atoms with Gasteiger partial charge in [-0.05, 0) is 6.42 Å². The molecule has 17 heavy (non-hydrogen) atoms. The topological polar surface area (TPSA) is 62.2 Å². The normalized spacial score (nSPS) is 12.8. The second-order valence-corrected chi connectivity index (χ2v) is 5.43. The van der Waals surface area contributed by atoms with Gasteiger partial charge in [-0.1, -0.05) is 27.2 Å². The Labute approximate surface area is 106 Å². The summed E-state index contributed by atoms with van der Waals surface area (Å²) in [7, 11) is 0. The maximum atomic E-state index is 11.7. The summed E-state index contributed by atoms with van der Waals surface area (Å²) in [6, 6.07) is 0. The summed E-state index contributed by atoms with van der Waals surface area (Å²) in [6.07, 6.45) is 2.76. The standard InChI is InChI=1S/C12H20N2O2S/c1-4-5-9(15)6-13-11(16)10-7-14-12(17-10)8(2)3/h7-9,15H,4-6H2,1-3H3,(H,13,16)/t9-/m0/s1. The molecule has 1 heterocycles. The third-order valence-electron chi connectivity index (χ3n) is 2.36. The SMILES string of the molecule is CCC[C@H](O)CNC(=O)c1cnc(C(C)C)s1. The first-order valence-corrected chi connectivity index (χ1v) is 6.78. The van der Waals surface area contributed by atoms with E-state index in [9.17, 15) is 9.90 Å². The summed E-state index contributed by atoms with van der Waals surface area (Å²) in [6.45, 7) is 6.40. The number of carbonyl (C=O) groups is 1. The van der Waals surface area contributed by atoms with E-state index in [-0.39, 0.29) is 5.91 Å². The smallest absolute Gasteiger partial charge is 0.263 e. The van der Waals surface area contributed by atoms with Crippen LogP contribution in [0.25, 0.3) is 0 Å². The second kappa shape index (κ2) is 6.71. The van der Waals surface area contributed by atoms with Gasteiger partial charge in [-0.2, -0.15) is 0 Å². The number of hydrogen-bond acceptors (Lipinski definition) is 4. The lowest BCUT2D eigenvalue weighted by molar-refractivity contribution is 0.0914. The van der Waals surface area contributed by atoms with Gasteiger partial charge in [-0.3, -0.25) is 4.79 Å². The van der Waals surface area contributed by atoms with E-state index in [1.165, 1.54) is 11.3 Å². The molecule has 0 aromatic carbocycles. The molecule has 0 saturated carbocycles. The molecule has 0 aliphatic heterocycles. The van der Waals surface area contributed by atoms with E-state index >= 15 is 0 Å². The van der Waals surface area contributed by atoms with Crippen LogP contribution in [0.1, 0.15) is 54.2 Å². The van der Waals surface area contributed by atoms with E-state index in [0.29, 0.717) is 23.8 Å². The monoisotopic (exact) mass is 256 g/mol. The molecule has 0 unspecified atom stereocenters. The van der Waals surface area contributed by atoms with Crippen molar-refractivity contribution in [3.8, 4) is 0 Å². The number of thiazole rings is 1. The summed E-state index contributed by atoms with van der Waals surface area (Å²) in [5.41, 5.74) is 0. The lowest BCUT2D eigenvalue weighted by Gasteiger charge is -2.09. The predicted octanol–water partition coefficient (Wildman–Crippen LogP) is 2.16. The minimum absolute atomic E-state index is 0.149. The van der Waals surface area contributed by atoms with Gasteiger partial charge >= 0.3 is 0 Å². The molecule has 4 nitrogen and oxygen atoms in total. The second-order valence-electron chi connectivity index (χ2n) is 4.37. The minimum Gasteiger partial charge on any atom is -0.391 e. The molecule has 0 radical (unpaired) electrons. The van der Waals surface area contributed by atoms with Crippen molar-refractivity contribution < 1.29 is 9.90 Å². The van der Waals surface area contributed by atoms with Crippen LogP contribution in [0.3, 0.4) is 0 Å². The highest BCUT2D eigenvalue weighted by molar-refractivity contribution is 7.13. The Morgan fingerprint density at radius 2 is 2.29 bits per heavy atom. The summed E-state index contributed by atoms with van der Waals surface area (Å²) >= 11 is 1.41. The molecule has 1 atom stereocenters. The van der Waals surface area contributed by atoms with Crippen LogP contribution in [0.15, 0.2) is 6.20 Å². The van der Waals surface area contributed by atoms with Gasteiger partial charge in [-0.15, -0.1) is 11.3 Å².